The molecule has 0 aromatic rings. The molecule has 0 aliphatic carbocycles. The number of nitrogens with zero attached hydrogens (tertiary/aromatic N) is 1. The van der Waals surface area contributed by atoms with Crippen LogP contribution in [-0.4, -0.2) is 25.0 Å². The number of hydrogen-bond acceptors (Lipinski definition) is 4. The first-order valence-corrected chi connectivity index (χ1v) is 5.97. The van der Waals surface area contributed by atoms with Crippen LogP contribution in [0.4, 0.5) is 0 Å². The van der Waals surface area contributed by atoms with Gasteiger partial charge in [-0.1, -0.05) is 32.0 Å². The molecule has 0 fully saturated rings. The molecular formula is C12H27N3O. The van der Waals surface area contributed by atoms with Crippen LogP contribution in [0.5, 0.6) is 0 Å². The molecule has 0 amide bonds. The van der Waals surface area contributed by atoms with Crippen molar-refractivity contribution in [2.45, 2.75) is 46.8 Å². The van der Waals surface area contributed by atoms with Crippen LogP contribution >= 0.6 is 0 Å². The zero-order chi connectivity index (χ0) is 12.8. The molecule has 0 aromatic carbocycles. The molecule has 4 nitrogen and oxygen atoms in total. The maximum Gasteiger partial charge on any atom is 0.181 e. The monoisotopic (exact) mass is 229 g/mol. The topological polar surface area (TPSA) is 59.6 Å². The average molecular weight is 229 g/mol. The molecule has 0 spiro atoms. The lowest BCUT2D eigenvalue weighted by molar-refractivity contribution is 0.0906. The second-order valence-electron chi connectivity index (χ2n) is 3.11. The van der Waals surface area contributed by atoms with E-state index >= 15 is 0 Å². The van der Waals surface area contributed by atoms with E-state index in [1.807, 2.05) is 26.8 Å². The van der Waals surface area contributed by atoms with Gasteiger partial charge in [-0.3, -0.25) is 5.73 Å². The molecule has 3 N–H and O–H groups in total. The maximum atomic E-state index is 5.29. The SMILES string of the molecule is C=CCCNCC.CC.CC1=NOC(N)C1. The Hall–Kier alpha value is -0.870. The summed E-state index contributed by atoms with van der Waals surface area (Å²) in [6, 6.07) is 0. The van der Waals surface area contributed by atoms with Crippen molar-refractivity contribution in [1.82, 2.24) is 5.32 Å². The van der Waals surface area contributed by atoms with Gasteiger partial charge in [0.1, 0.15) is 0 Å². The lowest BCUT2D eigenvalue weighted by atomic mass is 10.3. The molecule has 1 atom stereocenters. The second-order valence-corrected chi connectivity index (χ2v) is 3.11. The minimum Gasteiger partial charge on any atom is -0.377 e. The highest BCUT2D eigenvalue weighted by Gasteiger charge is 2.10. The summed E-state index contributed by atoms with van der Waals surface area (Å²) in [6.07, 6.45) is 3.59. The summed E-state index contributed by atoms with van der Waals surface area (Å²) in [6.45, 7) is 13.7. The smallest absolute Gasteiger partial charge is 0.181 e. The zero-order valence-electron chi connectivity index (χ0n) is 11.1. The fourth-order valence-electron chi connectivity index (χ4n) is 0.904. The maximum absolute atomic E-state index is 5.29. The Kier molecular flexibility index (Phi) is 15.5. The molecule has 0 saturated heterocycles. The van der Waals surface area contributed by atoms with E-state index in [4.69, 9.17) is 5.73 Å². The van der Waals surface area contributed by atoms with Crippen molar-refractivity contribution in [3.63, 3.8) is 0 Å². The van der Waals surface area contributed by atoms with Gasteiger partial charge in [-0.25, -0.2) is 0 Å². The van der Waals surface area contributed by atoms with Crippen molar-refractivity contribution in [2.24, 2.45) is 10.9 Å². The van der Waals surface area contributed by atoms with Crippen molar-refractivity contribution in [3.05, 3.63) is 12.7 Å². The van der Waals surface area contributed by atoms with Crippen LogP contribution in [0.25, 0.3) is 0 Å². The Balaban J connectivity index is 0. The van der Waals surface area contributed by atoms with E-state index < -0.39 is 0 Å². The minimum atomic E-state index is -0.181. The molecule has 16 heavy (non-hydrogen) atoms. The molecule has 1 aliphatic heterocycles. The van der Waals surface area contributed by atoms with Crippen LogP contribution in [0.1, 0.15) is 40.5 Å². The Morgan fingerprint density at radius 3 is 2.50 bits per heavy atom. The Morgan fingerprint density at radius 2 is 2.25 bits per heavy atom. The quantitative estimate of drug-likeness (QED) is 0.574. The van der Waals surface area contributed by atoms with Crippen LogP contribution in [0.3, 0.4) is 0 Å². The van der Waals surface area contributed by atoms with Crippen LogP contribution in [0.15, 0.2) is 17.8 Å². The number of nitrogens with one attached hydrogen (secondary N) is 1. The fraction of sp³-hybridized carbons (Fsp3) is 0.750. The van der Waals surface area contributed by atoms with Crippen LogP contribution in [-0.2, 0) is 4.84 Å². The highest BCUT2D eigenvalue weighted by atomic mass is 16.7. The molecule has 0 aromatic heterocycles. The van der Waals surface area contributed by atoms with Gasteiger partial charge in [0.15, 0.2) is 6.23 Å². The van der Waals surface area contributed by atoms with Gasteiger partial charge in [0.25, 0.3) is 0 Å². The van der Waals surface area contributed by atoms with Gasteiger partial charge in [-0.05, 0) is 26.4 Å². The number of rotatable bonds is 4. The standard InChI is InChI=1S/C6H13N.C4H8N2O.C2H6/c1-3-5-6-7-4-2;1-3-2-4(5)7-6-3;1-2/h3,7H,1,4-6H2,2H3;4H,2,5H2,1H3;1-2H3. The van der Waals surface area contributed by atoms with Gasteiger partial charge in [0.2, 0.25) is 0 Å². The first kappa shape index (κ1) is 17.5. The highest BCUT2D eigenvalue weighted by Crippen LogP contribution is 2.02. The van der Waals surface area contributed by atoms with Gasteiger partial charge < -0.3 is 10.2 Å². The lowest BCUT2D eigenvalue weighted by Gasteiger charge is -1.94. The summed E-state index contributed by atoms with van der Waals surface area (Å²) >= 11 is 0. The van der Waals surface area contributed by atoms with Gasteiger partial charge >= 0.3 is 0 Å². The van der Waals surface area contributed by atoms with Crippen molar-refractivity contribution < 1.29 is 4.84 Å². The molecule has 1 rings (SSSR count). The third kappa shape index (κ3) is 13.1. The van der Waals surface area contributed by atoms with Crippen LogP contribution in [0.2, 0.25) is 0 Å². The molecule has 1 aliphatic rings. The Labute approximate surface area is 99.9 Å². The van der Waals surface area contributed by atoms with Crippen molar-refractivity contribution in [3.8, 4) is 0 Å². The fourth-order valence-corrected chi connectivity index (χ4v) is 0.904. The first-order chi connectivity index (χ1) is 7.70. The molecular weight excluding hydrogens is 202 g/mol. The normalized spacial score (nSPS) is 17.1. The largest absolute Gasteiger partial charge is 0.377 e. The predicted molar refractivity (Wildman–Crippen MR) is 71.5 cm³/mol. The zero-order valence-corrected chi connectivity index (χ0v) is 11.1. The number of hydrogen-bond donors (Lipinski definition) is 2. The summed E-state index contributed by atoms with van der Waals surface area (Å²) in [7, 11) is 0. The van der Waals surface area contributed by atoms with Gasteiger partial charge in [-0.15, -0.1) is 6.58 Å². The summed E-state index contributed by atoms with van der Waals surface area (Å²) in [5.41, 5.74) is 6.27. The number of oxime groups is 1. The van der Waals surface area contributed by atoms with Crippen LogP contribution < -0.4 is 11.1 Å². The summed E-state index contributed by atoms with van der Waals surface area (Å²) in [5, 5.41) is 6.79. The Morgan fingerprint density at radius 1 is 1.62 bits per heavy atom. The second kappa shape index (κ2) is 14.1. The van der Waals surface area contributed by atoms with Crippen LogP contribution in [0, 0.1) is 0 Å². The van der Waals surface area contributed by atoms with Crippen molar-refractivity contribution >= 4 is 5.71 Å². The van der Waals surface area contributed by atoms with E-state index in [0.29, 0.717) is 0 Å². The first-order valence-electron chi connectivity index (χ1n) is 5.97. The van der Waals surface area contributed by atoms with E-state index in [2.05, 4.69) is 28.8 Å². The third-order valence-corrected chi connectivity index (χ3v) is 1.62. The minimum absolute atomic E-state index is 0.181. The van der Waals surface area contributed by atoms with E-state index in [0.717, 1.165) is 31.6 Å². The molecule has 96 valence electrons. The molecule has 0 radical (unpaired) electrons. The van der Waals surface area contributed by atoms with E-state index in [-0.39, 0.29) is 6.23 Å². The Bertz CT molecular complexity index is 181. The number of nitrogens with two attached hydrogens (primary N) is 1. The van der Waals surface area contributed by atoms with E-state index in [1.165, 1.54) is 0 Å². The summed E-state index contributed by atoms with van der Waals surface area (Å²) in [5.74, 6) is 0. The van der Waals surface area contributed by atoms with Gasteiger partial charge in [0, 0.05) is 6.42 Å². The molecule has 0 saturated carbocycles. The third-order valence-electron chi connectivity index (χ3n) is 1.62. The van der Waals surface area contributed by atoms with Crippen molar-refractivity contribution in [2.75, 3.05) is 13.1 Å². The van der Waals surface area contributed by atoms with Gasteiger partial charge in [0.05, 0.1) is 5.71 Å². The summed E-state index contributed by atoms with van der Waals surface area (Å²) < 4.78 is 0. The molecule has 0 bridgehead atoms. The van der Waals surface area contributed by atoms with E-state index in [1.54, 1.807) is 0 Å². The molecule has 4 heteroatoms. The molecule has 1 heterocycles. The van der Waals surface area contributed by atoms with Crippen molar-refractivity contribution in [1.29, 1.82) is 0 Å². The highest BCUT2D eigenvalue weighted by molar-refractivity contribution is 5.82. The average Bonchev–Trinajstić information content (AvgIpc) is 2.67. The van der Waals surface area contributed by atoms with Gasteiger partial charge in [-0.2, -0.15) is 0 Å². The summed E-state index contributed by atoms with van der Waals surface area (Å²) in [4.78, 5) is 4.63. The predicted octanol–water partition coefficient (Wildman–Crippen LogP) is 2.27. The van der Waals surface area contributed by atoms with E-state index in [9.17, 15) is 0 Å². The lowest BCUT2D eigenvalue weighted by Crippen LogP contribution is -2.18. The molecule has 1 unspecified atom stereocenters.